The van der Waals surface area contributed by atoms with Crippen molar-refractivity contribution in [2.45, 2.75) is 25.5 Å². The normalized spacial score (nSPS) is 16.4. The maximum atomic E-state index is 6.27. The zero-order chi connectivity index (χ0) is 17.2. The van der Waals surface area contributed by atoms with E-state index in [1.54, 1.807) is 0 Å². The lowest BCUT2D eigenvalue weighted by Gasteiger charge is -2.28. The molecule has 0 amide bonds. The second-order valence-corrected chi connectivity index (χ2v) is 7.16. The molecule has 2 heterocycles. The zero-order valence-corrected chi connectivity index (χ0v) is 15.1. The van der Waals surface area contributed by atoms with Gasteiger partial charge in [0.05, 0.1) is 17.4 Å². The number of nitrogens with zero attached hydrogens (tertiary/aromatic N) is 3. The summed E-state index contributed by atoms with van der Waals surface area (Å²) < 4.78 is 8.29. The van der Waals surface area contributed by atoms with Gasteiger partial charge in [-0.05, 0) is 49.7 Å². The second-order valence-electron chi connectivity index (χ2n) is 6.73. The summed E-state index contributed by atoms with van der Waals surface area (Å²) in [4.78, 5) is 2.34. The van der Waals surface area contributed by atoms with Gasteiger partial charge < -0.3 is 9.64 Å². The fraction of sp³-hybridized carbons (Fsp3) is 0.350. The van der Waals surface area contributed by atoms with Crippen LogP contribution in [0.3, 0.4) is 0 Å². The topological polar surface area (TPSA) is 30.3 Å². The summed E-state index contributed by atoms with van der Waals surface area (Å²) in [6.45, 7) is 2.86. The predicted molar refractivity (Wildman–Crippen MR) is 101 cm³/mol. The molecular weight excluding hydrogens is 334 g/mol. The molecule has 0 aliphatic carbocycles. The molecule has 1 aliphatic rings. The van der Waals surface area contributed by atoms with Crippen LogP contribution in [0.1, 0.15) is 18.4 Å². The minimum absolute atomic E-state index is 0.249. The molecule has 0 bridgehead atoms. The first-order valence-electron chi connectivity index (χ1n) is 8.74. The van der Waals surface area contributed by atoms with E-state index in [4.69, 9.17) is 21.4 Å². The molecule has 5 heteroatoms. The van der Waals surface area contributed by atoms with E-state index >= 15 is 0 Å². The maximum Gasteiger partial charge on any atom is 0.241 e. The van der Waals surface area contributed by atoms with E-state index in [1.807, 2.05) is 41.1 Å². The molecule has 0 atom stereocenters. The number of likely N-dealkylation sites (tertiary alicyclic amines) is 1. The third kappa shape index (κ3) is 3.65. The molecule has 1 fully saturated rings. The van der Waals surface area contributed by atoms with Gasteiger partial charge >= 0.3 is 0 Å². The van der Waals surface area contributed by atoms with E-state index in [2.05, 4.69) is 24.1 Å². The Morgan fingerprint density at radius 3 is 2.56 bits per heavy atom. The first-order valence-corrected chi connectivity index (χ1v) is 9.12. The molecule has 130 valence electrons. The van der Waals surface area contributed by atoms with Crippen molar-refractivity contribution in [1.29, 1.82) is 0 Å². The Morgan fingerprint density at radius 2 is 1.80 bits per heavy atom. The largest absolute Gasteiger partial charge is 0.473 e. The van der Waals surface area contributed by atoms with E-state index in [0.717, 1.165) is 47.7 Å². The molecule has 1 saturated heterocycles. The fourth-order valence-corrected chi connectivity index (χ4v) is 3.45. The average molecular weight is 356 g/mol. The number of aromatic nitrogens is 2. The quantitative estimate of drug-likeness (QED) is 0.702. The van der Waals surface area contributed by atoms with Crippen molar-refractivity contribution >= 4 is 22.5 Å². The minimum atomic E-state index is 0.249. The predicted octanol–water partition coefficient (Wildman–Crippen LogP) is 4.21. The van der Waals surface area contributed by atoms with E-state index in [9.17, 15) is 0 Å². The number of halogens is 1. The number of piperidine rings is 1. The van der Waals surface area contributed by atoms with Crippen LogP contribution in [0.15, 0.2) is 48.5 Å². The number of hydrogen-bond donors (Lipinski definition) is 0. The van der Waals surface area contributed by atoms with Crippen molar-refractivity contribution in [3.8, 4) is 5.88 Å². The van der Waals surface area contributed by atoms with E-state index in [-0.39, 0.29) is 6.10 Å². The van der Waals surface area contributed by atoms with Crippen molar-refractivity contribution in [2.75, 3.05) is 20.1 Å². The van der Waals surface area contributed by atoms with Crippen LogP contribution in [-0.2, 0) is 6.54 Å². The summed E-state index contributed by atoms with van der Waals surface area (Å²) in [6, 6.07) is 16.2. The molecule has 1 aromatic heterocycles. The van der Waals surface area contributed by atoms with Crippen LogP contribution in [0.25, 0.3) is 10.9 Å². The van der Waals surface area contributed by atoms with Gasteiger partial charge in [0.25, 0.3) is 0 Å². The highest BCUT2D eigenvalue weighted by atomic mass is 35.5. The van der Waals surface area contributed by atoms with E-state index < -0.39 is 0 Å². The van der Waals surface area contributed by atoms with Crippen molar-refractivity contribution in [1.82, 2.24) is 14.7 Å². The van der Waals surface area contributed by atoms with Gasteiger partial charge in [-0.3, -0.25) is 4.68 Å². The van der Waals surface area contributed by atoms with Gasteiger partial charge in [0.15, 0.2) is 0 Å². The molecule has 0 spiro atoms. The summed E-state index contributed by atoms with van der Waals surface area (Å²) >= 11 is 5.99. The minimum Gasteiger partial charge on any atom is -0.473 e. The van der Waals surface area contributed by atoms with Crippen LogP contribution in [0.2, 0.25) is 5.02 Å². The van der Waals surface area contributed by atoms with Gasteiger partial charge in [-0.2, -0.15) is 0 Å². The van der Waals surface area contributed by atoms with Crippen molar-refractivity contribution in [2.24, 2.45) is 0 Å². The average Bonchev–Trinajstić information content (AvgIpc) is 2.97. The van der Waals surface area contributed by atoms with Crippen molar-refractivity contribution in [3.05, 3.63) is 59.1 Å². The Labute approximate surface area is 153 Å². The Hall–Kier alpha value is -2.04. The molecule has 1 aliphatic heterocycles. The summed E-state index contributed by atoms with van der Waals surface area (Å²) in [6.07, 6.45) is 2.35. The summed E-state index contributed by atoms with van der Waals surface area (Å²) in [5.74, 6) is 0.749. The second kappa shape index (κ2) is 7.06. The molecule has 0 radical (unpaired) electrons. The molecule has 4 nitrogen and oxygen atoms in total. The lowest BCUT2D eigenvalue weighted by Crippen LogP contribution is -2.35. The van der Waals surface area contributed by atoms with Crippen LogP contribution in [0.4, 0.5) is 0 Å². The first-order chi connectivity index (χ1) is 12.2. The van der Waals surface area contributed by atoms with Gasteiger partial charge in [0.1, 0.15) is 6.10 Å². The number of rotatable bonds is 4. The Balaban J connectivity index is 1.60. The Morgan fingerprint density at radius 1 is 1.08 bits per heavy atom. The molecule has 0 N–H and O–H groups in total. The van der Waals surface area contributed by atoms with Crippen LogP contribution in [0, 0.1) is 0 Å². The summed E-state index contributed by atoms with van der Waals surface area (Å²) in [5, 5.41) is 6.60. The van der Waals surface area contributed by atoms with Gasteiger partial charge in [-0.25, -0.2) is 0 Å². The van der Waals surface area contributed by atoms with Crippen LogP contribution < -0.4 is 4.74 Å². The monoisotopic (exact) mass is 355 g/mol. The SMILES string of the molecule is CN1CCC(Oc2nn(Cc3ccc(Cl)cc3)c3ccccc23)CC1. The molecule has 25 heavy (non-hydrogen) atoms. The summed E-state index contributed by atoms with van der Waals surface area (Å²) in [5.41, 5.74) is 2.27. The molecule has 0 unspecified atom stereocenters. The highest BCUT2D eigenvalue weighted by molar-refractivity contribution is 6.30. The van der Waals surface area contributed by atoms with Crippen LogP contribution in [-0.4, -0.2) is 40.9 Å². The number of benzene rings is 2. The van der Waals surface area contributed by atoms with Gasteiger partial charge in [0, 0.05) is 18.1 Å². The summed E-state index contributed by atoms with van der Waals surface area (Å²) in [7, 11) is 2.16. The number of fused-ring (bicyclic) bond motifs is 1. The number of hydrogen-bond acceptors (Lipinski definition) is 3. The third-order valence-electron chi connectivity index (χ3n) is 4.81. The van der Waals surface area contributed by atoms with E-state index in [1.165, 1.54) is 5.56 Å². The smallest absolute Gasteiger partial charge is 0.241 e. The van der Waals surface area contributed by atoms with E-state index in [0.29, 0.717) is 6.54 Å². The standard InChI is InChI=1S/C20H22ClN3O/c1-23-12-10-17(11-13-23)25-20-18-4-2-3-5-19(18)24(22-20)14-15-6-8-16(21)9-7-15/h2-9,17H,10-14H2,1H3. The highest BCUT2D eigenvalue weighted by Gasteiger charge is 2.21. The maximum absolute atomic E-state index is 6.27. The van der Waals surface area contributed by atoms with Gasteiger partial charge in [-0.1, -0.05) is 35.9 Å². The molecule has 3 aromatic rings. The first kappa shape index (κ1) is 16.4. The van der Waals surface area contributed by atoms with Crippen LogP contribution >= 0.6 is 11.6 Å². The molecular formula is C20H22ClN3O. The van der Waals surface area contributed by atoms with Crippen LogP contribution in [0.5, 0.6) is 5.88 Å². The van der Waals surface area contributed by atoms with Gasteiger partial charge in [0.2, 0.25) is 5.88 Å². The van der Waals surface area contributed by atoms with Crippen molar-refractivity contribution < 1.29 is 4.74 Å². The molecule has 4 rings (SSSR count). The van der Waals surface area contributed by atoms with Gasteiger partial charge in [-0.15, -0.1) is 5.10 Å². The third-order valence-corrected chi connectivity index (χ3v) is 5.07. The number of ether oxygens (including phenoxy) is 1. The Kier molecular flexibility index (Phi) is 4.64. The molecule has 2 aromatic carbocycles. The Bertz CT molecular complexity index is 851. The lowest BCUT2D eigenvalue weighted by molar-refractivity contribution is 0.110. The fourth-order valence-electron chi connectivity index (χ4n) is 3.33. The molecule has 0 saturated carbocycles. The lowest BCUT2D eigenvalue weighted by atomic mass is 10.1. The zero-order valence-electron chi connectivity index (χ0n) is 14.4. The van der Waals surface area contributed by atoms with Crippen molar-refractivity contribution in [3.63, 3.8) is 0 Å². The highest BCUT2D eigenvalue weighted by Crippen LogP contribution is 2.28. The number of para-hydroxylation sites is 1.